The molecule has 0 bridgehead atoms. The molecular weight excluding hydrogens is 188 g/mol. The number of hydrogen-bond acceptors (Lipinski definition) is 2. The van der Waals surface area contributed by atoms with E-state index in [1.165, 1.54) is 31.1 Å². The van der Waals surface area contributed by atoms with E-state index < -0.39 is 0 Å². The Labute approximate surface area is 90.3 Å². The molecule has 0 fully saturated rings. The topological polar surface area (TPSA) is 26.3 Å². The Bertz CT molecular complexity index is 382. The maximum absolute atomic E-state index is 11.4. The zero-order valence-electron chi connectivity index (χ0n) is 9.25. The Hall–Kier alpha value is -1.31. The van der Waals surface area contributed by atoms with Gasteiger partial charge < -0.3 is 4.74 Å². The highest BCUT2D eigenvalue weighted by atomic mass is 16.5. The standard InChI is InChI=1S/C13H16O2/c1-9(13(14)15-2)11-7-6-10-4-3-5-12(10)8-11/h6-9H,3-5H2,1-2H3. The van der Waals surface area contributed by atoms with Crippen molar-refractivity contribution in [3.63, 3.8) is 0 Å². The van der Waals surface area contributed by atoms with Gasteiger partial charge in [-0.1, -0.05) is 18.2 Å². The van der Waals surface area contributed by atoms with Crippen LogP contribution in [-0.4, -0.2) is 13.1 Å². The smallest absolute Gasteiger partial charge is 0.312 e. The van der Waals surface area contributed by atoms with E-state index in [1.807, 2.05) is 13.0 Å². The van der Waals surface area contributed by atoms with Gasteiger partial charge in [0.25, 0.3) is 0 Å². The molecule has 2 heteroatoms. The molecule has 0 amide bonds. The number of hydrogen-bond donors (Lipinski definition) is 0. The summed E-state index contributed by atoms with van der Waals surface area (Å²) in [5, 5.41) is 0. The number of fused-ring (bicyclic) bond motifs is 1. The molecular formula is C13H16O2. The number of benzene rings is 1. The molecule has 1 aliphatic rings. The third kappa shape index (κ3) is 1.89. The predicted molar refractivity (Wildman–Crippen MR) is 58.9 cm³/mol. The van der Waals surface area contributed by atoms with E-state index in [0.717, 1.165) is 12.0 Å². The van der Waals surface area contributed by atoms with Gasteiger partial charge in [0.2, 0.25) is 0 Å². The Kier molecular flexibility index (Phi) is 2.76. The Morgan fingerprint density at radius 2 is 2.07 bits per heavy atom. The van der Waals surface area contributed by atoms with Crippen LogP contribution in [0, 0.1) is 0 Å². The van der Waals surface area contributed by atoms with E-state index in [0.29, 0.717) is 0 Å². The molecule has 80 valence electrons. The summed E-state index contributed by atoms with van der Waals surface area (Å²) in [5.74, 6) is -0.311. The van der Waals surface area contributed by atoms with Crippen LogP contribution in [0.5, 0.6) is 0 Å². The lowest BCUT2D eigenvalue weighted by molar-refractivity contribution is -0.141. The molecule has 2 nitrogen and oxygen atoms in total. The maximum atomic E-state index is 11.4. The van der Waals surface area contributed by atoms with Crippen LogP contribution < -0.4 is 0 Å². The molecule has 1 aromatic carbocycles. The van der Waals surface area contributed by atoms with Crippen LogP contribution in [0.25, 0.3) is 0 Å². The van der Waals surface area contributed by atoms with Gasteiger partial charge >= 0.3 is 5.97 Å². The summed E-state index contributed by atoms with van der Waals surface area (Å²) in [5.41, 5.74) is 3.92. The first-order valence-electron chi connectivity index (χ1n) is 5.42. The third-order valence-corrected chi connectivity index (χ3v) is 3.18. The molecule has 0 N–H and O–H groups in total. The van der Waals surface area contributed by atoms with Crippen LogP contribution in [0.4, 0.5) is 0 Å². The second kappa shape index (κ2) is 4.05. The molecule has 0 spiro atoms. The van der Waals surface area contributed by atoms with E-state index in [9.17, 15) is 4.79 Å². The summed E-state index contributed by atoms with van der Waals surface area (Å²) in [6, 6.07) is 6.35. The minimum absolute atomic E-state index is 0.152. The van der Waals surface area contributed by atoms with Crippen molar-refractivity contribution in [1.82, 2.24) is 0 Å². The fourth-order valence-corrected chi connectivity index (χ4v) is 2.17. The number of rotatable bonds is 2. The number of aryl methyl sites for hydroxylation is 2. The Morgan fingerprint density at radius 3 is 2.80 bits per heavy atom. The molecule has 0 saturated heterocycles. The highest BCUT2D eigenvalue weighted by Gasteiger charge is 2.18. The molecule has 15 heavy (non-hydrogen) atoms. The van der Waals surface area contributed by atoms with Gasteiger partial charge in [-0.05, 0) is 42.9 Å². The van der Waals surface area contributed by atoms with E-state index >= 15 is 0 Å². The number of carbonyl (C=O) groups excluding carboxylic acids is 1. The second-order valence-corrected chi connectivity index (χ2v) is 4.13. The van der Waals surface area contributed by atoms with E-state index in [-0.39, 0.29) is 11.9 Å². The third-order valence-electron chi connectivity index (χ3n) is 3.18. The van der Waals surface area contributed by atoms with Gasteiger partial charge in [0.15, 0.2) is 0 Å². The number of carbonyl (C=O) groups is 1. The first kappa shape index (κ1) is 10.2. The molecule has 1 unspecified atom stereocenters. The van der Waals surface area contributed by atoms with Gasteiger partial charge in [-0.15, -0.1) is 0 Å². The Morgan fingerprint density at radius 1 is 1.33 bits per heavy atom. The van der Waals surface area contributed by atoms with Gasteiger partial charge in [0.05, 0.1) is 13.0 Å². The molecule has 0 aromatic heterocycles. The highest BCUT2D eigenvalue weighted by molar-refractivity contribution is 5.77. The molecule has 0 saturated carbocycles. The minimum Gasteiger partial charge on any atom is -0.469 e. The summed E-state index contributed by atoms with van der Waals surface area (Å²) in [6.07, 6.45) is 3.57. The summed E-state index contributed by atoms with van der Waals surface area (Å²) in [6.45, 7) is 1.89. The lowest BCUT2D eigenvalue weighted by atomic mass is 9.97. The van der Waals surface area contributed by atoms with Crippen molar-refractivity contribution in [3.05, 3.63) is 34.9 Å². The van der Waals surface area contributed by atoms with Gasteiger partial charge in [-0.3, -0.25) is 4.79 Å². The van der Waals surface area contributed by atoms with Crippen LogP contribution in [-0.2, 0) is 22.4 Å². The monoisotopic (exact) mass is 204 g/mol. The average Bonchev–Trinajstić information content (AvgIpc) is 2.73. The lowest BCUT2D eigenvalue weighted by Crippen LogP contribution is -2.11. The SMILES string of the molecule is COC(=O)C(C)c1ccc2c(c1)CCC2. The molecule has 1 aliphatic carbocycles. The van der Waals surface area contributed by atoms with Crippen LogP contribution in [0.3, 0.4) is 0 Å². The lowest BCUT2D eigenvalue weighted by Gasteiger charge is -2.10. The Balaban J connectivity index is 2.26. The first-order valence-corrected chi connectivity index (χ1v) is 5.42. The second-order valence-electron chi connectivity index (χ2n) is 4.13. The van der Waals surface area contributed by atoms with Crippen molar-refractivity contribution in [2.24, 2.45) is 0 Å². The van der Waals surface area contributed by atoms with Crippen LogP contribution >= 0.6 is 0 Å². The quantitative estimate of drug-likeness (QED) is 0.692. The summed E-state index contributed by atoms with van der Waals surface area (Å²) < 4.78 is 4.75. The van der Waals surface area contributed by atoms with E-state index in [1.54, 1.807) is 0 Å². The number of esters is 1. The molecule has 0 aliphatic heterocycles. The maximum Gasteiger partial charge on any atom is 0.312 e. The average molecular weight is 204 g/mol. The van der Waals surface area contributed by atoms with E-state index in [2.05, 4.69) is 12.1 Å². The van der Waals surface area contributed by atoms with Gasteiger partial charge in [0.1, 0.15) is 0 Å². The molecule has 0 heterocycles. The van der Waals surface area contributed by atoms with Gasteiger partial charge in [-0.2, -0.15) is 0 Å². The van der Waals surface area contributed by atoms with Crippen molar-refractivity contribution < 1.29 is 9.53 Å². The number of methoxy groups -OCH3 is 1. The largest absolute Gasteiger partial charge is 0.469 e. The van der Waals surface area contributed by atoms with Crippen molar-refractivity contribution in [1.29, 1.82) is 0 Å². The summed E-state index contributed by atoms with van der Waals surface area (Å²) in [4.78, 5) is 11.4. The van der Waals surface area contributed by atoms with E-state index in [4.69, 9.17) is 4.74 Å². The summed E-state index contributed by atoms with van der Waals surface area (Å²) >= 11 is 0. The summed E-state index contributed by atoms with van der Waals surface area (Å²) in [7, 11) is 1.44. The fourth-order valence-electron chi connectivity index (χ4n) is 2.17. The fraction of sp³-hybridized carbons (Fsp3) is 0.462. The minimum atomic E-state index is -0.159. The molecule has 2 rings (SSSR count). The normalized spacial score (nSPS) is 15.9. The molecule has 0 radical (unpaired) electrons. The van der Waals surface area contributed by atoms with Crippen LogP contribution in [0.2, 0.25) is 0 Å². The molecule has 1 atom stereocenters. The van der Waals surface area contributed by atoms with Gasteiger partial charge in [0, 0.05) is 0 Å². The van der Waals surface area contributed by atoms with Crippen molar-refractivity contribution >= 4 is 5.97 Å². The first-order chi connectivity index (χ1) is 7.22. The van der Waals surface area contributed by atoms with Crippen LogP contribution in [0.1, 0.15) is 36.0 Å². The van der Waals surface area contributed by atoms with Gasteiger partial charge in [-0.25, -0.2) is 0 Å². The van der Waals surface area contributed by atoms with Crippen molar-refractivity contribution in [3.8, 4) is 0 Å². The zero-order valence-corrected chi connectivity index (χ0v) is 9.25. The highest BCUT2D eigenvalue weighted by Crippen LogP contribution is 2.26. The zero-order chi connectivity index (χ0) is 10.8. The predicted octanol–water partition coefficient (Wildman–Crippen LogP) is 2.45. The van der Waals surface area contributed by atoms with Crippen molar-refractivity contribution in [2.75, 3.05) is 7.11 Å². The van der Waals surface area contributed by atoms with Crippen molar-refractivity contribution in [2.45, 2.75) is 32.1 Å². The van der Waals surface area contributed by atoms with Crippen LogP contribution in [0.15, 0.2) is 18.2 Å². The molecule has 1 aromatic rings. The number of ether oxygens (including phenoxy) is 1.